The van der Waals surface area contributed by atoms with Crippen LogP contribution < -0.4 is 15.5 Å². The van der Waals surface area contributed by atoms with Crippen LogP contribution in [0.15, 0.2) is 36.4 Å². The zero-order valence-electron chi connectivity index (χ0n) is 18.3. The Morgan fingerprint density at radius 3 is 2.53 bits per heavy atom. The molecule has 0 bridgehead atoms. The van der Waals surface area contributed by atoms with Gasteiger partial charge in [0.1, 0.15) is 10.6 Å². The summed E-state index contributed by atoms with van der Waals surface area (Å²) in [6, 6.07) is 9.83. The summed E-state index contributed by atoms with van der Waals surface area (Å²) in [5.41, 5.74) is 1.70. The molecule has 3 amide bonds. The summed E-state index contributed by atoms with van der Waals surface area (Å²) in [6.07, 6.45) is 0.712. The van der Waals surface area contributed by atoms with Crippen LogP contribution in [-0.2, 0) is 19.2 Å². The molecule has 0 saturated carbocycles. The molecule has 1 unspecified atom stereocenters. The standard InChI is InChI=1S/C23H25N3O5S/c1-13(27)24-17-7-6-15(12-19(17)28)26-18-8-5-14(11-16(18)22(2,3)21(26)30)20(29)25-23(4)9-10-31-32-23/h5-8,11-12,28H,9-10H2,1-4H3,(H,24,27)(H,25,29). The second kappa shape index (κ2) is 7.83. The number of phenols is 1. The van der Waals surface area contributed by atoms with Crippen molar-refractivity contribution in [2.45, 2.75) is 44.4 Å². The highest BCUT2D eigenvalue weighted by molar-refractivity contribution is 7.96. The number of nitrogens with one attached hydrogen (secondary N) is 2. The minimum absolute atomic E-state index is 0.141. The fourth-order valence-corrected chi connectivity index (χ4v) is 4.66. The van der Waals surface area contributed by atoms with Crippen LogP contribution in [0.25, 0.3) is 0 Å². The van der Waals surface area contributed by atoms with E-state index in [0.717, 1.165) is 5.56 Å². The topological polar surface area (TPSA) is 108 Å². The summed E-state index contributed by atoms with van der Waals surface area (Å²) < 4.78 is 5.33. The van der Waals surface area contributed by atoms with Gasteiger partial charge in [-0.25, -0.2) is 0 Å². The first-order valence-corrected chi connectivity index (χ1v) is 11.0. The van der Waals surface area contributed by atoms with Gasteiger partial charge in [-0.05, 0) is 56.7 Å². The number of phenolic OH excluding ortho intramolecular Hbond substituents is 1. The molecule has 4 rings (SSSR count). The lowest BCUT2D eigenvalue weighted by atomic mass is 9.85. The quantitative estimate of drug-likeness (QED) is 0.478. The third-order valence-electron chi connectivity index (χ3n) is 5.74. The molecule has 8 nitrogen and oxygen atoms in total. The first kappa shape index (κ1) is 22.2. The molecule has 168 valence electrons. The molecular weight excluding hydrogens is 430 g/mol. The Labute approximate surface area is 190 Å². The Balaban J connectivity index is 1.68. The molecule has 2 aromatic rings. The minimum Gasteiger partial charge on any atom is -0.506 e. The summed E-state index contributed by atoms with van der Waals surface area (Å²) in [5.74, 6) is -0.855. The van der Waals surface area contributed by atoms with E-state index in [4.69, 9.17) is 4.18 Å². The van der Waals surface area contributed by atoms with Crippen LogP contribution in [0.3, 0.4) is 0 Å². The van der Waals surface area contributed by atoms with Crippen LogP contribution in [0, 0.1) is 0 Å². The maximum absolute atomic E-state index is 13.3. The van der Waals surface area contributed by atoms with Crippen molar-refractivity contribution >= 4 is 46.8 Å². The summed E-state index contributed by atoms with van der Waals surface area (Å²) in [4.78, 5) is 38.5. The van der Waals surface area contributed by atoms with E-state index in [0.29, 0.717) is 30.0 Å². The van der Waals surface area contributed by atoms with E-state index in [-0.39, 0.29) is 29.2 Å². The molecule has 2 aliphatic heterocycles. The number of carbonyl (C=O) groups excluding carboxylic acids is 3. The van der Waals surface area contributed by atoms with Gasteiger partial charge in [0.2, 0.25) is 11.8 Å². The van der Waals surface area contributed by atoms with Gasteiger partial charge in [-0.15, -0.1) is 0 Å². The van der Waals surface area contributed by atoms with Gasteiger partial charge >= 0.3 is 0 Å². The van der Waals surface area contributed by atoms with E-state index >= 15 is 0 Å². The Morgan fingerprint density at radius 1 is 1.16 bits per heavy atom. The number of nitrogens with zero attached hydrogens (tertiary/aromatic N) is 1. The Bertz CT molecular complexity index is 1120. The molecule has 2 aliphatic rings. The van der Waals surface area contributed by atoms with Gasteiger partial charge in [-0.1, -0.05) is 0 Å². The summed E-state index contributed by atoms with van der Waals surface area (Å²) in [7, 11) is 0. The first-order chi connectivity index (χ1) is 15.0. The van der Waals surface area contributed by atoms with E-state index in [9.17, 15) is 19.5 Å². The highest BCUT2D eigenvalue weighted by atomic mass is 32.2. The maximum Gasteiger partial charge on any atom is 0.252 e. The molecule has 0 radical (unpaired) electrons. The largest absolute Gasteiger partial charge is 0.506 e. The van der Waals surface area contributed by atoms with Gasteiger partial charge in [0.25, 0.3) is 5.91 Å². The Morgan fingerprint density at radius 2 is 1.91 bits per heavy atom. The number of fused-ring (bicyclic) bond motifs is 1. The van der Waals surface area contributed by atoms with Gasteiger partial charge in [-0.3, -0.25) is 19.3 Å². The molecule has 1 atom stereocenters. The van der Waals surface area contributed by atoms with Crippen LogP contribution in [0.4, 0.5) is 17.1 Å². The van der Waals surface area contributed by atoms with Gasteiger partial charge in [0.05, 0.1) is 29.1 Å². The van der Waals surface area contributed by atoms with Crippen LogP contribution in [0.1, 0.15) is 50.0 Å². The molecule has 0 aromatic heterocycles. The van der Waals surface area contributed by atoms with Gasteiger partial charge in [0.15, 0.2) is 0 Å². The summed E-state index contributed by atoms with van der Waals surface area (Å²) >= 11 is 1.25. The second-order valence-corrected chi connectivity index (χ2v) is 10.0. The van der Waals surface area contributed by atoms with Crippen molar-refractivity contribution < 1.29 is 23.7 Å². The van der Waals surface area contributed by atoms with Crippen molar-refractivity contribution in [3.8, 4) is 5.75 Å². The molecule has 9 heteroatoms. The number of rotatable bonds is 4. The number of hydrogen-bond donors (Lipinski definition) is 3. The summed E-state index contributed by atoms with van der Waals surface area (Å²) in [6.45, 7) is 7.47. The number of carbonyl (C=O) groups is 3. The van der Waals surface area contributed by atoms with Crippen LogP contribution in [0.5, 0.6) is 5.75 Å². The normalized spacial score (nSPS) is 21.4. The van der Waals surface area contributed by atoms with Crippen molar-refractivity contribution in [3.63, 3.8) is 0 Å². The highest BCUT2D eigenvalue weighted by Crippen LogP contribution is 2.47. The van der Waals surface area contributed by atoms with Crippen molar-refractivity contribution in [1.29, 1.82) is 0 Å². The van der Waals surface area contributed by atoms with Gasteiger partial charge in [-0.2, -0.15) is 0 Å². The zero-order valence-corrected chi connectivity index (χ0v) is 19.1. The molecule has 32 heavy (non-hydrogen) atoms. The van der Waals surface area contributed by atoms with Gasteiger partial charge in [0, 0.05) is 37.0 Å². The lowest BCUT2D eigenvalue weighted by Gasteiger charge is -2.22. The van der Waals surface area contributed by atoms with E-state index in [2.05, 4.69) is 10.6 Å². The van der Waals surface area contributed by atoms with E-state index in [1.807, 2.05) is 20.8 Å². The van der Waals surface area contributed by atoms with Crippen LogP contribution in [0.2, 0.25) is 0 Å². The molecule has 0 spiro atoms. The monoisotopic (exact) mass is 455 g/mol. The Hall–Kier alpha value is -3.04. The molecule has 3 N–H and O–H groups in total. The van der Waals surface area contributed by atoms with Crippen LogP contribution in [-0.4, -0.2) is 34.3 Å². The predicted octanol–water partition coefficient (Wildman–Crippen LogP) is 3.82. The Kier molecular flexibility index (Phi) is 5.42. The first-order valence-electron chi connectivity index (χ1n) is 10.2. The fraction of sp³-hybridized carbons (Fsp3) is 0.348. The highest BCUT2D eigenvalue weighted by Gasteiger charge is 2.45. The van der Waals surface area contributed by atoms with Crippen molar-refractivity contribution in [1.82, 2.24) is 5.32 Å². The maximum atomic E-state index is 13.3. The fourth-order valence-electron chi connectivity index (χ4n) is 3.93. The third-order valence-corrected chi connectivity index (χ3v) is 6.70. The van der Waals surface area contributed by atoms with Crippen molar-refractivity contribution in [2.75, 3.05) is 16.8 Å². The molecule has 2 aromatic carbocycles. The number of hydrogen-bond acceptors (Lipinski definition) is 6. The van der Waals surface area contributed by atoms with Crippen molar-refractivity contribution in [3.05, 3.63) is 47.5 Å². The molecule has 2 heterocycles. The second-order valence-electron chi connectivity index (χ2n) is 8.72. The number of anilines is 3. The molecule has 1 fully saturated rings. The van der Waals surface area contributed by atoms with Gasteiger partial charge < -0.3 is 19.9 Å². The predicted molar refractivity (Wildman–Crippen MR) is 123 cm³/mol. The van der Waals surface area contributed by atoms with E-state index < -0.39 is 10.3 Å². The number of amides is 3. The minimum atomic E-state index is -0.868. The van der Waals surface area contributed by atoms with E-state index in [1.54, 1.807) is 30.3 Å². The average molecular weight is 456 g/mol. The summed E-state index contributed by atoms with van der Waals surface area (Å²) in [5, 5.41) is 15.9. The molecule has 1 saturated heterocycles. The smallest absolute Gasteiger partial charge is 0.252 e. The SMILES string of the molecule is CC(=O)Nc1ccc(N2C(=O)C(C)(C)c3cc(C(=O)NC4(C)CCOS4)ccc32)cc1O. The number of benzene rings is 2. The van der Waals surface area contributed by atoms with Crippen LogP contribution >= 0.6 is 12.0 Å². The lowest BCUT2D eigenvalue weighted by molar-refractivity contribution is -0.121. The zero-order chi connectivity index (χ0) is 23.3. The van der Waals surface area contributed by atoms with Crippen molar-refractivity contribution in [2.24, 2.45) is 0 Å². The van der Waals surface area contributed by atoms with E-state index in [1.165, 1.54) is 29.9 Å². The average Bonchev–Trinajstić information content (AvgIpc) is 3.23. The third kappa shape index (κ3) is 3.82. The molecule has 0 aliphatic carbocycles. The lowest BCUT2D eigenvalue weighted by Crippen LogP contribution is -2.41. The number of aromatic hydroxyl groups is 1. The molecular formula is C23H25N3O5S.